The molecular formula is C16H26N2. The predicted molar refractivity (Wildman–Crippen MR) is 79.4 cm³/mol. The highest BCUT2D eigenvalue weighted by Gasteiger charge is 2.10. The van der Waals surface area contributed by atoms with Crippen LogP contribution in [0, 0.1) is 0 Å². The number of rotatable bonds is 7. The van der Waals surface area contributed by atoms with Crippen molar-refractivity contribution in [2.45, 2.75) is 39.5 Å². The highest BCUT2D eigenvalue weighted by atomic mass is 15.1. The van der Waals surface area contributed by atoms with E-state index in [1.165, 1.54) is 62.1 Å². The summed E-state index contributed by atoms with van der Waals surface area (Å²) in [5, 5.41) is 3.42. The maximum atomic E-state index is 3.42. The molecule has 0 atom stereocenters. The van der Waals surface area contributed by atoms with Gasteiger partial charge in [-0.05, 0) is 56.0 Å². The van der Waals surface area contributed by atoms with Crippen molar-refractivity contribution >= 4 is 5.69 Å². The van der Waals surface area contributed by atoms with Crippen LogP contribution in [0.25, 0.3) is 0 Å². The van der Waals surface area contributed by atoms with E-state index in [2.05, 4.69) is 42.3 Å². The first-order chi connectivity index (χ1) is 8.83. The second-order valence-electron chi connectivity index (χ2n) is 5.26. The summed E-state index contributed by atoms with van der Waals surface area (Å²) < 4.78 is 0. The summed E-state index contributed by atoms with van der Waals surface area (Å²) in [6.07, 6.45) is 4.90. The third kappa shape index (κ3) is 3.49. The highest BCUT2D eigenvalue weighted by Crippen LogP contribution is 2.23. The Labute approximate surface area is 111 Å². The van der Waals surface area contributed by atoms with Crippen LogP contribution in [-0.2, 0) is 12.8 Å². The van der Waals surface area contributed by atoms with Gasteiger partial charge in [-0.3, -0.25) is 0 Å². The second-order valence-corrected chi connectivity index (χ2v) is 5.26. The molecule has 0 saturated carbocycles. The molecule has 0 radical (unpaired) electrons. The van der Waals surface area contributed by atoms with E-state index in [1.807, 2.05) is 0 Å². The first-order valence-electron chi connectivity index (χ1n) is 7.41. The van der Waals surface area contributed by atoms with Crippen LogP contribution in [0.2, 0.25) is 0 Å². The normalized spacial score (nSPS) is 13.7. The Morgan fingerprint density at radius 2 is 1.89 bits per heavy atom. The average Bonchev–Trinajstić information content (AvgIpc) is 2.84. The molecule has 0 unspecified atom stereocenters. The molecule has 1 aliphatic rings. The number of nitrogens with one attached hydrogen (secondary N) is 1. The number of anilines is 1. The van der Waals surface area contributed by atoms with Crippen LogP contribution in [0.4, 0.5) is 5.69 Å². The molecule has 0 amide bonds. The minimum Gasteiger partial charge on any atom is -0.384 e. The van der Waals surface area contributed by atoms with Crippen molar-refractivity contribution in [3.05, 3.63) is 29.3 Å². The second kappa shape index (κ2) is 6.79. The number of hydrogen-bond donors (Lipinski definition) is 1. The molecule has 0 bridgehead atoms. The van der Waals surface area contributed by atoms with Crippen molar-refractivity contribution in [3.63, 3.8) is 0 Å². The first-order valence-corrected chi connectivity index (χ1v) is 7.41. The van der Waals surface area contributed by atoms with Crippen LogP contribution in [0.5, 0.6) is 0 Å². The number of fused-ring (bicyclic) bond motifs is 1. The van der Waals surface area contributed by atoms with Crippen molar-refractivity contribution in [1.29, 1.82) is 0 Å². The molecule has 0 saturated heterocycles. The van der Waals surface area contributed by atoms with Crippen molar-refractivity contribution in [2.75, 3.05) is 31.5 Å². The lowest BCUT2D eigenvalue weighted by molar-refractivity contribution is 0.278. The first kappa shape index (κ1) is 13.4. The van der Waals surface area contributed by atoms with Crippen LogP contribution in [0.3, 0.4) is 0 Å². The van der Waals surface area contributed by atoms with Crippen molar-refractivity contribution in [1.82, 2.24) is 4.90 Å². The van der Waals surface area contributed by atoms with Gasteiger partial charge in [-0.1, -0.05) is 26.0 Å². The Hall–Kier alpha value is -1.02. The zero-order valence-corrected chi connectivity index (χ0v) is 11.8. The minimum absolute atomic E-state index is 1.11. The lowest BCUT2D eigenvalue weighted by Crippen LogP contribution is -2.27. The van der Waals surface area contributed by atoms with Gasteiger partial charge >= 0.3 is 0 Å². The van der Waals surface area contributed by atoms with Gasteiger partial charge in [0, 0.05) is 18.8 Å². The third-order valence-electron chi connectivity index (χ3n) is 3.68. The van der Waals surface area contributed by atoms with Crippen molar-refractivity contribution < 1.29 is 0 Å². The summed E-state index contributed by atoms with van der Waals surface area (Å²) in [6, 6.07) is 6.93. The van der Waals surface area contributed by atoms with Gasteiger partial charge in [0.2, 0.25) is 0 Å². The molecule has 0 aliphatic carbocycles. The molecule has 0 aromatic heterocycles. The molecular weight excluding hydrogens is 220 g/mol. The van der Waals surface area contributed by atoms with E-state index >= 15 is 0 Å². The quantitative estimate of drug-likeness (QED) is 0.794. The molecule has 1 aromatic rings. The summed E-state index contributed by atoms with van der Waals surface area (Å²) in [5.41, 5.74) is 4.34. The van der Waals surface area contributed by atoms with Crippen LogP contribution < -0.4 is 5.32 Å². The Bertz CT molecular complexity index is 367. The van der Waals surface area contributed by atoms with E-state index in [9.17, 15) is 0 Å². The number of nitrogens with zero attached hydrogens (tertiary/aromatic N) is 1. The van der Waals surface area contributed by atoms with Gasteiger partial charge in [-0.2, -0.15) is 0 Å². The average molecular weight is 246 g/mol. The molecule has 1 heterocycles. The van der Waals surface area contributed by atoms with Crippen molar-refractivity contribution in [2.24, 2.45) is 0 Å². The summed E-state index contributed by atoms with van der Waals surface area (Å²) in [7, 11) is 0. The Balaban J connectivity index is 1.88. The zero-order valence-electron chi connectivity index (χ0n) is 11.8. The molecule has 0 fully saturated rings. The van der Waals surface area contributed by atoms with Gasteiger partial charge in [0.15, 0.2) is 0 Å². The standard InChI is InChI=1S/C16H26N2/c1-3-10-18(11-4-2)12-8-14-5-6-16-15(13-14)7-9-17-16/h5-6,13,17H,3-4,7-12H2,1-2H3. The third-order valence-corrected chi connectivity index (χ3v) is 3.68. The molecule has 2 heteroatoms. The fourth-order valence-corrected chi connectivity index (χ4v) is 2.77. The summed E-state index contributed by atoms with van der Waals surface area (Å²) in [4.78, 5) is 2.59. The maximum Gasteiger partial charge on any atom is 0.0373 e. The number of hydrogen-bond acceptors (Lipinski definition) is 2. The largest absolute Gasteiger partial charge is 0.384 e. The van der Waals surface area contributed by atoms with E-state index < -0.39 is 0 Å². The van der Waals surface area contributed by atoms with Gasteiger partial charge in [0.05, 0.1) is 0 Å². The van der Waals surface area contributed by atoms with Crippen LogP contribution >= 0.6 is 0 Å². The van der Waals surface area contributed by atoms with Gasteiger partial charge < -0.3 is 10.2 Å². The molecule has 1 aliphatic heterocycles. The van der Waals surface area contributed by atoms with Gasteiger partial charge in [0.25, 0.3) is 0 Å². The molecule has 1 N–H and O–H groups in total. The lowest BCUT2D eigenvalue weighted by Gasteiger charge is -2.20. The molecule has 2 nitrogen and oxygen atoms in total. The van der Waals surface area contributed by atoms with E-state index in [0.717, 1.165) is 6.54 Å². The van der Waals surface area contributed by atoms with Crippen molar-refractivity contribution in [3.8, 4) is 0 Å². The molecule has 0 spiro atoms. The topological polar surface area (TPSA) is 15.3 Å². The van der Waals surface area contributed by atoms with Crippen LogP contribution in [0.1, 0.15) is 37.8 Å². The van der Waals surface area contributed by atoms with E-state index in [0.29, 0.717) is 0 Å². The van der Waals surface area contributed by atoms with Gasteiger partial charge in [0.1, 0.15) is 0 Å². The van der Waals surface area contributed by atoms with E-state index in [4.69, 9.17) is 0 Å². The molecule has 18 heavy (non-hydrogen) atoms. The maximum absolute atomic E-state index is 3.42. The minimum atomic E-state index is 1.11. The highest BCUT2D eigenvalue weighted by molar-refractivity contribution is 5.56. The monoisotopic (exact) mass is 246 g/mol. The van der Waals surface area contributed by atoms with Gasteiger partial charge in [-0.15, -0.1) is 0 Å². The van der Waals surface area contributed by atoms with Crippen LogP contribution in [0.15, 0.2) is 18.2 Å². The smallest absolute Gasteiger partial charge is 0.0373 e. The molecule has 1 aromatic carbocycles. The lowest BCUT2D eigenvalue weighted by atomic mass is 10.1. The van der Waals surface area contributed by atoms with Gasteiger partial charge in [-0.25, -0.2) is 0 Å². The SMILES string of the molecule is CCCN(CCC)CCc1ccc2c(c1)CCN2. The molecule has 2 rings (SSSR count). The Morgan fingerprint density at radius 1 is 1.11 bits per heavy atom. The van der Waals surface area contributed by atoms with E-state index in [1.54, 1.807) is 0 Å². The summed E-state index contributed by atoms with van der Waals surface area (Å²) in [5.74, 6) is 0. The number of benzene rings is 1. The van der Waals surface area contributed by atoms with E-state index in [-0.39, 0.29) is 0 Å². The molecule has 100 valence electrons. The summed E-state index contributed by atoms with van der Waals surface area (Å²) in [6.45, 7) is 9.32. The summed E-state index contributed by atoms with van der Waals surface area (Å²) >= 11 is 0. The Kier molecular flexibility index (Phi) is 5.06. The fraction of sp³-hybridized carbons (Fsp3) is 0.625. The van der Waals surface area contributed by atoms with Crippen LogP contribution in [-0.4, -0.2) is 31.1 Å². The fourth-order valence-electron chi connectivity index (χ4n) is 2.77. The zero-order chi connectivity index (χ0) is 12.8. The predicted octanol–water partition coefficient (Wildman–Crippen LogP) is 3.32. The Morgan fingerprint density at radius 3 is 2.61 bits per heavy atom.